The fraction of sp³-hybridized carbons (Fsp3) is 0.0909. The van der Waals surface area contributed by atoms with Gasteiger partial charge in [-0.3, -0.25) is 9.52 Å². The quantitative estimate of drug-likeness (QED) is 0.392. The van der Waals surface area contributed by atoms with Crippen molar-refractivity contribution in [3.8, 4) is 0 Å². The summed E-state index contributed by atoms with van der Waals surface area (Å²) < 4.78 is 63.2. The molecule has 1 aromatic heterocycles. The Hall–Kier alpha value is -3.99. The highest BCUT2D eigenvalue weighted by atomic mass is 32.2. The monoisotopic (exact) mass is 476 g/mol. The van der Waals surface area contributed by atoms with E-state index in [1.54, 1.807) is 6.92 Å². The number of furan rings is 1. The topological polar surface area (TPSA) is 115 Å². The molecule has 33 heavy (non-hydrogen) atoms. The SMILES string of the molecule is COC(=O)c1cc(/C=C/C(=O)Nc2ccc(NS(=O)(=O)c3ccc(F)c(F)c3)cc2)oc1C. The van der Waals surface area contributed by atoms with Crippen molar-refractivity contribution >= 4 is 39.4 Å². The summed E-state index contributed by atoms with van der Waals surface area (Å²) in [7, 11) is -2.89. The van der Waals surface area contributed by atoms with Crippen molar-refractivity contribution in [1.82, 2.24) is 0 Å². The lowest BCUT2D eigenvalue weighted by Crippen LogP contribution is -2.13. The highest BCUT2D eigenvalue weighted by Crippen LogP contribution is 2.20. The minimum Gasteiger partial charge on any atom is -0.465 e. The van der Waals surface area contributed by atoms with Gasteiger partial charge in [0.15, 0.2) is 11.6 Å². The molecule has 0 fully saturated rings. The molecule has 0 atom stereocenters. The van der Waals surface area contributed by atoms with Crippen LogP contribution in [0, 0.1) is 18.6 Å². The van der Waals surface area contributed by atoms with E-state index < -0.39 is 38.4 Å². The Morgan fingerprint density at radius 2 is 1.67 bits per heavy atom. The molecule has 0 saturated heterocycles. The minimum absolute atomic E-state index is 0.148. The van der Waals surface area contributed by atoms with Gasteiger partial charge in [-0.05, 0) is 61.5 Å². The van der Waals surface area contributed by atoms with E-state index in [4.69, 9.17) is 4.42 Å². The zero-order valence-corrected chi connectivity index (χ0v) is 18.2. The molecule has 0 radical (unpaired) electrons. The first-order chi connectivity index (χ1) is 15.6. The Morgan fingerprint density at radius 1 is 1.00 bits per heavy atom. The Labute approximate surface area is 187 Å². The fourth-order valence-corrected chi connectivity index (χ4v) is 3.79. The summed E-state index contributed by atoms with van der Waals surface area (Å²) in [6, 6.07) is 9.34. The first-order valence-electron chi connectivity index (χ1n) is 9.35. The maximum atomic E-state index is 13.3. The normalized spacial score (nSPS) is 11.4. The number of hydrogen-bond donors (Lipinski definition) is 2. The molecule has 0 saturated carbocycles. The van der Waals surface area contributed by atoms with Gasteiger partial charge in [-0.15, -0.1) is 0 Å². The zero-order valence-electron chi connectivity index (χ0n) is 17.4. The summed E-state index contributed by atoms with van der Waals surface area (Å²) in [5, 5.41) is 2.58. The maximum Gasteiger partial charge on any atom is 0.341 e. The summed E-state index contributed by atoms with van der Waals surface area (Å²) in [6.45, 7) is 1.59. The smallest absolute Gasteiger partial charge is 0.341 e. The highest BCUT2D eigenvalue weighted by Gasteiger charge is 2.17. The molecule has 3 rings (SSSR count). The van der Waals surface area contributed by atoms with E-state index in [1.807, 2.05) is 0 Å². The molecule has 0 unspecified atom stereocenters. The molecule has 172 valence electrons. The van der Waals surface area contributed by atoms with Crippen LogP contribution < -0.4 is 10.0 Å². The Morgan fingerprint density at radius 3 is 2.30 bits per heavy atom. The lowest BCUT2D eigenvalue weighted by atomic mass is 10.2. The third-order valence-corrected chi connectivity index (χ3v) is 5.73. The van der Waals surface area contributed by atoms with Gasteiger partial charge in [0.25, 0.3) is 10.0 Å². The molecule has 0 aliphatic rings. The van der Waals surface area contributed by atoms with Crippen LogP contribution in [0.15, 0.2) is 63.9 Å². The van der Waals surface area contributed by atoms with Crippen molar-refractivity contribution in [2.45, 2.75) is 11.8 Å². The Balaban J connectivity index is 1.63. The van der Waals surface area contributed by atoms with E-state index in [1.165, 1.54) is 49.6 Å². The average Bonchev–Trinajstić information content (AvgIpc) is 3.15. The summed E-state index contributed by atoms with van der Waals surface area (Å²) in [4.78, 5) is 23.3. The number of aryl methyl sites for hydroxylation is 1. The number of anilines is 2. The second kappa shape index (κ2) is 9.65. The largest absolute Gasteiger partial charge is 0.465 e. The Bertz CT molecular complexity index is 1330. The van der Waals surface area contributed by atoms with Gasteiger partial charge in [-0.1, -0.05) is 0 Å². The third-order valence-electron chi connectivity index (χ3n) is 4.35. The molecule has 0 aliphatic heterocycles. The number of methoxy groups -OCH3 is 1. The molecule has 1 heterocycles. The van der Waals surface area contributed by atoms with Gasteiger partial charge in [-0.25, -0.2) is 22.0 Å². The number of sulfonamides is 1. The van der Waals surface area contributed by atoms with Crippen molar-refractivity contribution in [2.75, 3.05) is 17.1 Å². The number of halogens is 2. The zero-order chi connectivity index (χ0) is 24.2. The number of rotatable bonds is 7. The van der Waals surface area contributed by atoms with Gasteiger partial charge in [0, 0.05) is 17.5 Å². The number of carbonyl (C=O) groups excluding carboxylic acids is 2. The van der Waals surface area contributed by atoms with Gasteiger partial charge < -0.3 is 14.5 Å². The molecule has 1 amide bonds. The van der Waals surface area contributed by atoms with Crippen LogP contribution in [-0.4, -0.2) is 27.4 Å². The molecule has 8 nitrogen and oxygen atoms in total. The van der Waals surface area contributed by atoms with Gasteiger partial charge >= 0.3 is 5.97 Å². The molecular formula is C22H18F2N2O6S. The number of ether oxygens (including phenoxy) is 1. The molecule has 2 aromatic carbocycles. The minimum atomic E-state index is -4.14. The van der Waals surface area contributed by atoms with E-state index in [0.717, 1.165) is 12.1 Å². The van der Waals surface area contributed by atoms with E-state index in [2.05, 4.69) is 14.8 Å². The standard InChI is InChI=1S/C22H18F2N2O6S/c1-13-18(22(28)31-2)11-16(32-13)7-10-21(27)25-14-3-5-15(6-4-14)26-33(29,30)17-8-9-19(23)20(24)12-17/h3-12,26H,1-2H3,(H,25,27)/b10-7+. The second-order valence-corrected chi connectivity index (χ2v) is 8.37. The number of hydrogen-bond acceptors (Lipinski definition) is 6. The van der Waals surface area contributed by atoms with Gasteiger partial charge in [0.1, 0.15) is 17.1 Å². The fourth-order valence-electron chi connectivity index (χ4n) is 2.72. The van der Waals surface area contributed by atoms with Crippen molar-refractivity contribution in [3.05, 3.63) is 83.3 Å². The van der Waals surface area contributed by atoms with Crippen LogP contribution in [0.5, 0.6) is 0 Å². The second-order valence-electron chi connectivity index (χ2n) is 6.69. The molecule has 0 spiro atoms. The van der Waals surface area contributed by atoms with Gasteiger partial charge in [0.2, 0.25) is 5.91 Å². The predicted octanol–water partition coefficient (Wildman–Crippen LogP) is 4.11. The van der Waals surface area contributed by atoms with Crippen LogP contribution in [0.4, 0.5) is 20.2 Å². The number of nitrogens with one attached hydrogen (secondary N) is 2. The lowest BCUT2D eigenvalue weighted by molar-refractivity contribution is -0.111. The van der Waals surface area contributed by atoms with Crippen LogP contribution >= 0.6 is 0 Å². The number of benzene rings is 2. The van der Waals surface area contributed by atoms with Crippen LogP contribution in [-0.2, 0) is 19.6 Å². The highest BCUT2D eigenvalue weighted by molar-refractivity contribution is 7.92. The van der Waals surface area contributed by atoms with Crippen molar-refractivity contribution in [2.24, 2.45) is 0 Å². The van der Waals surface area contributed by atoms with E-state index in [0.29, 0.717) is 17.5 Å². The summed E-state index contributed by atoms with van der Waals surface area (Å²) in [6.07, 6.45) is 2.57. The van der Waals surface area contributed by atoms with Gasteiger partial charge in [0.05, 0.1) is 12.0 Å². The number of carbonyl (C=O) groups is 2. The number of esters is 1. The summed E-state index contributed by atoms with van der Waals surface area (Å²) in [5.74, 6) is -2.86. The predicted molar refractivity (Wildman–Crippen MR) is 116 cm³/mol. The van der Waals surface area contributed by atoms with Gasteiger partial charge in [-0.2, -0.15) is 0 Å². The van der Waals surface area contributed by atoms with Crippen LogP contribution in [0.2, 0.25) is 0 Å². The van der Waals surface area contributed by atoms with E-state index in [9.17, 15) is 26.8 Å². The van der Waals surface area contributed by atoms with Crippen LogP contribution in [0.1, 0.15) is 21.9 Å². The van der Waals surface area contributed by atoms with Crippen molar-refractivity contribution < 1.29 is 35.9 Å². The molecule has 0 bridgehead atoms. The Kier molecular flexibility index (Phi) is 6.92. The number of amides is 1. The first kappa shape index (κ1) is 23.7. The van der Waals surface area contributed by atoms with E-state index >= 15 is 0 Å². The van der Waals surface area contributed by atoms with Crippen molar-refractivity contribution in [1.29, 1.82) is 0 Å². The molecule has 2 N–H and O–H groups in total. The lowest BCUT2D eigenvalue weighted by Gasteiger charge is -2.09. The van der Waals surface area contributed by atoms with E-state index in [-0.39, 0.29) is 17.0 Å². The molecular weight excluding hydrogens is 458 g/mol. The average molecular weight is 476 g/mol. The van der Waals surface area contributed by atoms with Crippen LogP contribution in [0.3, 0.4) is 0 Å². The summed E-state index contributed by atoms with van der Waals surface area (Å²) >= 11 is 0. The molecule has 11 heteroatoms. The maximum absolute atomic E-state index is 13.3. The molecule has 3 aromatic rings. The van der Waals surface area contributed by atoms with Crippen molar-refractivity contribution in [3.63, 3.8) is 0 Å². The third kappa shape index (κ3) is 5.83. The first-order valence-corrected chi connectivity index (χ1v) is 10.8. The van der Waals surface area contributed by atoms with Crippen LogP contribution in [0.25, 0.3) is 6.08 Å². The molecule has 0 aliphatic carbocycles. The summed E-state index contributed by atoms with van der Waals surface area (Å²) in [5.41, 5.74) is 0.764.